The zero-order valence-electron chi connectivity index (χ0n) is 16.7. The highest BCUT2D eigenvalue weighted by Gasteiger charge is 2.20. The van der Waals surface area contributed by atoms with Crippen LogP contribution >= 0.6 is 0 Å². The number of hydrogen-bond donors (Lipinski definition) is 2. The van der Waals surface area contributed by atoms with E-state index >= 15 is 0 Å². The van der Waals surface area contributed by atoms with Gasteiger partial charge in [-0.2, -0.15) is 15.0 Å². The van der Waals surface area contributed by atoms with Gasteiger partial charge in [-0.3, -0.25) is 4.79 Å². The molecule has 1 amide bonds. The zero-order valence-corrected chi connectivity index (χ0v) is 16.7. The van der Waals surface area contributed by atoms with E-state index in [1.807, 2.05) is 23.1 Å². The number of oxazole rings is 1. The van der Waals surface area contributed by atoms with Crippen LogP contribution in [0.15, 0.2) is 35.2 Å². The van der Waals surface area contributed by atoms with E-state index in [0.717, 1.165) is 17.7 Å². The van der Waals surface area contributed by atoms with Crippen LogP contribution in [0, 0.1) is 0 Å². The Kier molecular flexibility index (Phi) is 5.59. The number of aromatic nitrogens is 4. The Balaban J connectivity index is 1.57. The second-order valence-electron chi connectivity index (χ2n) is 6.57. The lowest BCUT2D eigenvalue weighted by Crippen LogP contribution is -2.46. The number of carbonyl (C=O) groups is 1. The molecular formula is C19H22N8O3. The lowest BCUT2D eigenvalue weighted by atomic mass is 10.1. The summed E-state index contributed by atoms with van der Waals surface area (Å²) in [7, 11) is 3.35. The summed E-state index contributed by atoms with van der Waals surface area (Å²) in [4.78, 5) is 32.1. The first-order valence-electron chi connectivity index (χ1n) is 9.42. The van der Waals surface area contributed by atoms with Crippen molar-refractivity contribution in [3.05, 3.63) is 30.8 Å². The average molecular weight is 410 g/mol. The van der Waals surface area contributed by atoms with Crippen LogP contribution in [0.3, 0.4) is 0 Å². The van der Waals surface area contributed by atoms with Gasteiger partial charge in [0.05, 0.1) is 18.9 Å². The number of hydrogen-bond acceptors (Lipinski definition) is 10. The lowest BCUT2D eigenvalue weighted by Gasteiger charge is -2.32. The van der Waals surface area contributed by atoms with E-state index in [4.69, 9.17) is 9.15 Å². The Morgan fingerprint density at radius 3 is 2.60 bits per heavy atom. The Bertz CT molecular complexity index is 1000. The molecule has 0 spiro atoms. The van der Waals surface area contributed by atoms with Gasteiger partial charge >= 0.3 is 0 Å². The van der Waals surface area contributed by atoms with Crippen molar-refractivity contribution >= 4 is 29.9 Å². The molecule has 2 N–H and O–H groups in total. The highest BCUT2D eigenvalue weighted by molar-refractivity contribution is 5.71. The summed E-state index contributed by atoms with van der Waals surface area (Å²) in [6.45, 7) is 2.58. The Morgan fingerprint density at radius 2 is 1.93 bits per heavy atom. The molecule has 1 aliphatic heterocycles. The molecule has 1 saturated heterocycles. The molecule has 4 rings (SSSR count). The van der Waals surface area contributed by atoms with Gasteiger partial charge in [-0.25, -0.2) is 4.98 Å². The summed E-state index contributed by atoms with van der Waals surface area (Å²) >= 11 is 0. The normalized spacial score (nSPS) is 13.8. The fourth-order valence-corrected chi connectivity index (χ4v) is 3.15. The van der Waals surface area contributed by atoms with E-state index in [-0.39, 0.29) is 0 Å². The molecule has 1 aromatic carbocycles. The van der Waals surface area contributed by atoms with Gasteiger partial charge in [-0.05, 0) is 12.1 Å². The predicted octanol–water partition coefficient (Wildman–Crippen LogP) is 1.60. The summed E-state index contributed by atoms with van der Waals surface area (Å²) in [6.07, 6.45) is 3.88. The molecule has 0 radical (unpaired) electrons. The van der Waals surface area contributed by atoms with Crippen LogP contribution in [0.1, 0.15) is 0 Å². The van der Waals surface area contributed by atoms with Crippen LogP contribution in [-0.2, 0) is 4.79 Å². The van der Waals surface area contributed by atoms with E-state index < -0.39 is 0 Å². The molecule has 1 fully saturated rings. The third-order valence-electron chi connectivity index (χ3n) is 4.75. The van der Waals surface area contributed by atoms with Crippen molar-refractivity contribution < 1.29 is 13.9 Å². The highest BCUT2D eigenvalue weighted by atomic mass is 16.5. The molecule has 11 nitrogen and oxygen atoms in total. The fraction of sp³-hybridized carbons (Fsp3) is 0.316. The SMILES string of the molecule is CNc1nc(Nc2ccc(-c3cnco3)c(OC)c2)nc(N2CCN(C=O)CC2)n1. The van der Waals surface area contributed by atoms with Gasteiger partial charge in [-0.15, -0.1) is 0 Å². The largest absolute Gasteiger partial charge is 0.496 e. The van der Waals surface area contributed by atoms with Gasteiger partial charge in [0.25, 0.3) is 0 Å². The van der Waals surface area contributed by atoms with E-state index in [9.17, 15) is 4.79 Å². The van der Waals surface area contributed by atoms with Crippen molar-refractivity contribution in [2.45, 2.75) is 0 Å². The molecular weight excluding hydrogens is 388 g/mol. The molecule has 0 atom stereocenters. The minimum absolute atomic E-state index is 0.400. The van der Waals surface area contributed by atoms with Crippen molar-refractivity contribution in [3.63, 3.8) is 0 Å². The number of rotatable bonds is 7. The van der Waals surface area contributed by atoms with E-state index in [0.29, 0.717) is 55.5 Å². The van der Waals surface area contributed by atoms with E-state index in [1.54, 1.807) is 25.3 Å². The number of ether oxygens (including phenoxy) is 1. The Hall–Kier alpha value is -3.89. The number of benzene rings is 1. The second kappa shape index (κ2) is 8.64. The summed E-state index contributed by atoms with van der Waals surface area (Å²) < 4.78 is 10.9. The smallest absolute Gasteiger partial charge is 0.233 e. The summed E-state index contributed by atoms with van der Waals surface area (Å²) in [5.74, 6) is 2.65. The minimum Gasteiger partial charge on any atom is -0.496 e. The average Bonchev–Trinajstić information content (AvgIpc) is 3.33. The maximum absolute atomic E-state index is 10.9. The Labute approximate surface area is 173 Å². The molecule has 156 valence electrons. The van der Waals surface area contributed by atoms with Gasteiger partial charge in [0.15, 0.2) is 12.2 Å². The van der Waals surface area contributed by atoms with Crippen LogP contribution in [0.4, 0.5) is 23.5 Å². The van der Waals surface area contributed by atoms with Gasteiger partial charge in [0.1, 0.15) is 5.75 Å². The van der Waals surface area contributed by atoms with Crippen LogP contribution in [0.25, 0.3) is 11.3 Å². The zero-order chi connectivity index (χ0) is 20.9. The van der Waals surface area contributed by atoms with Gasteiger partial charge in [0, 0.05) is 45.0 Å². The van der Waals surface area contributed by atoms with Crippen molar-refractivity contribution in [2.24, 2.45) is 0 Å². The molecule has 0 saturated carbocycles. The molecule has 1 aliphatic rings. The number of methoxy groups -OCH3 is 1. The first kappa shape index (κ1) is 19.4. The highest BCUT2D eigenvalue weighted by Crippen LogP contribution is 2.33. The quantitative estimate of drug-likeness (QED) is 0.555. The van der Waals surface area contributed by atoms with Crippen molar-refractivity contribution in [3.8, 4) is 17.1 Å². The van der Waals surface area contributed by atoms with Crippen molar-refractivity contribution in [1.82, 2.24) is 24.8 Å². The molecule has 3 aromatic rings. The van der Waals surface area contributed by atoms with Crippen molar-refractivity contribution in [2.75, 3.05) is 55.9 Å². The van der Waals surface area contributed by atoms with Crippen LogP contribution < -0.4 is 20.3 Å². The van der Waals surface area contributed by atoms with Crippen LogP contribution in [0.5, 0.6) is 5.75 Å². The third-order valence-corrected chi connectivity index (χ3v) is 4.75. The molecule has 11 heteroatoms. The number of nitrogens with zero attached hydrogens (tertiary/aromatic N) is 6. The molecule has 0 unspecified atom stereocenters. The first-order valence-corrected chi connectivity index (χ1v) is 9.42. The molecule has 30 heavy (non-hydrogen) atoms. The maximum atomic E-state index is 10.9. The number of carbonyl (C=O) groups excluding carboxylic acids is 1. The number of nitrogens with one attached hydrogen (secondary N) is 2. The summed E-state index contributed by atoms with van der Waals surface area (Å²) in [6, 6.07) is 5.59. The minimum atomic E-state index is 0.400. The molecule has 0 aliphatic carbocycles. The predicted molar refractivity (Wildman–Crippen MR) is 111 cm³/mol. The molecule has 2 aromatic heterocycles. The topological polar surface area (TPSA) is 122 Å². The van der Waals surface area contributed by atoms with Gasteiger partial charge < -0.3 is 29.6 Å². The molecule has 3 heterocycles. The summed E-state index contributed by atoms with van der Waals surface area (Å²) in [5, 5.41) is 6.17. The summed E-state index contributed by atoms with van der Waals surface area (Å²) in [5.41, 5.74) is 1.54. The Morgan fingerprint density at radius 1 is 1.13 bits per heavy atom. The number of anilines is 4. The number of amides is 1. The maximum Gasteiger partial charge on any atom is 0.233 e. The molecule has 0 bridgehead atoms. The standard InChI is InChI=1S/C19H22N8O3/c1-20-17-23-18(25-19(24-17)27-7-5-26(12-28)6-8-27)22-13-3-4-14(15(9-13)29-2)16-10-21-11-30-16/h3-4,9-12H,5-8H2,1-2H3,(H2,20,22,23,24,25). The number of piperazine rings is 1. The van der Waals surface area contributed by atoms with Gasteiger partial charge in [0.2, 0.25) is 24.3 Å². The van der Waals surface area contributed by atoms with Crippen molar-refractivity contribution in [1.29, 1.82) is 0 Å². The fourth-order valence-electron chi connectivity index (χ4n) is 3.15. The van der Waals surface area contributed by atoms with E-state index in [1.165, 1.54) is 6.39 Å². The first-order chi connectivity index (χ1) is 14.7. The van der Waals surface area contributed by atoms with Crippen LogP contribution in [-0.4, -0.2) is 71.6 Å². The third kappa shape index (κ3) is 4.09. The van der Waals surface area contributed by atoms with Gasteiger partial charge in [-0.1, -0.05) is 0 Å². The van der Waals surface area contributed by atoms with E-state index in [2.05, 4.69) is 30.6 Å². The lowest BCUT2D eigenvalue weighted by molar-refractivity contribution is -0.118. The monoisotopic (exact) mass is 410 g/mol. The van der Waals surface area contributed by atoms with Crippen LogP contribution in [0.2, 0.25) is 0 Å². The second-order valence-corrected chi connectivity index (χ2v) is 6.57.